The van der Waals surface area contributed by atoms with Gasteiger partial charge in [-0.3, -0.25) is 9.59 Å². The van der Waals surface area contributed by atoms with Gasteiger partial charge in [0.1, 0.15) is 0 Å². The van der Waals surface area contributed by atoms with Gasteiger partial charge in [0.25, 0.3) is 0 Å². The number of benzene rings is 1. The summed E-state index contributed by atoms with van der Waals surface area (Å²) in [5.41, 5.74) is 1.97. The Labute approximate surface area is 125 Å². The highest BCUT2D eigenvalue weighted by molar-refractivity contribution is 5.91. The summed E-state index contributed by atoms with van der Waals surface area (Å²) in [6, 6.07) is 8.28. The molecule has 0 N–H and O–H groups in total. The van der Waals surface area contributed by atoms with E-state index in [4.69, 9.17) is 4.74 Å². The molecule has 1 aliphatic carbocycles. The molecular weight excluding hydrogens is 266 g/mol. The fourth-order valence-electron chi connectivity index (χ4n) is 3.29. The molecule has 4 heteroatoms. The lowest BCUT2D eigenvalue weighted by molar-refractivity contribution is -0.159. The minimum atomic E-state index is -0.352. The highest BCUT2D eigenvalue weighted by Crippen LogP contribution is 2.46. The molecule has 112 valence electrons. The topological polar surface area (TPSA) is 46.6 Å². The molecular formula is C17H21NO3. The van der Waals surface area contributed by atoms with E-state index in [9.17, 15) is 9.59 Å². The molecule has 21 heavy (non-hydrogen) atoms. The average Bonchev–Trinajstić information content (AvgIpc) is 2.37. The van der Waals surface area contributed by atoms with Crippen LogP contribution in [0.2, 0.25) is 0 Å². The van der Waals surface area contributed by atoms with Gasteiger partial charge in [0.15, 0.2) is 0 Å². The molecule has 3 rings (SSSR count). The zero-order valence-electron chi connectivity index (χ0n) is 12.6. The fourth-order valence-corrected chi connectivity index (χ4v) is 3.29. The molecule has 0 radical (unpaired) electrons. The zero-order valence-corrected chi connectivity index (χ0v) is 12.6. The Kier molecular flexibility index (Phi) is 3.47. The number of methoxy groups -OCH3 is 1. The van der Waals surface area contributed by atoms with Crippen molar-refractivity contribution in [3.05, 3.63) is 35.4 Å². The number of carbonyl (C=O) groups excluding carboxylic acids is 2. The second kappa shape index (κ2) is 5.17. The lowest BCUT2D eigenvalue weighted by Crippen LogP contribution is -2.60. The Bertz CT molecular complexity index is 554. The van der Waals surface area contributed by atoms with Crippen LogP contribution < -0.4 is 0 Å². The summed E-state index contributed by atoms with van der Waals surface area (Å²) in [6.45, 7) is 3.05. The van der Waals surface area contributed by atoms with Gasteiger partial charge >= 0.3 is 5.97 Å². The van der Waals surface area contributed by atoms with Gasteiger partial charge in [0.05, 0.1) is 18.4 Å². The number of nitrogens with zero attached hydrogens (tertiary/aromatic N) is 1. The molecule has 0 bridgehead atoms. The second-order valence-corrected chi connectivity index (χ2v) is 6.23. The van der Waals surface area contributed by atoms with Crippen molar-refractivity contribution in [2.45, 2.75) is 31.6 Å². The van der Waals surface area contributed by atoms with Crippen molar-refractivity contribution < 1.29 is 14.3 Å². The van der Waals surface area contributed by atoms with Crippen LogP contribution in [-0.2, 0) is 19.7 Å². The minimum Gasteiger partial charge on any atom is -0.469 e. The number of carbonyl (C=O) groups is 2. The molecule has 1 heterocycles. The van der Waals surface area contributed by atoms with E-state index in [-0.39, 0.29) is 23.2 Å². The van der Waals surface area contributed by atoms with Gasteiger partial charge in [-0.15, -0.1) is 0 Å². The van der Waals surface area contributed by atoms with Crippen molar-refractivity contribution in [2.75, 3.05) is 20.2 Å². The highest BCUT2D eigenvalue weighted by Gasteiger charge is 2.50. The molecule has 1 saturated carbocycles. The Hall–Kier alpha value is -1.84. The molecule has 0 unspecified atom stereocenters. The van der Waals surface area contributed by atoms with Crippen LogP contribution in [0, 0.1) is 12.8 Å². The van der Waals surface area contributed by atoms with Gasteiger partial charge in [-0.2, -0.15) is 0 Å². The number of rotatable bonds is 3. The maximum absolute atomic E-state index is 12.8. The largest absolute Gasteiger partial charge is 0.469 e. The third-order valence-corrected chi connectivity index (χ3v) is 4.92. The lowest BCUT2D eigenvalue weighted by Gasteiger charge is -2.48. The van der Waals surface area contributed by atoms with E-state index in [0.717, 1.165) is 24.8 Å². The summed E-state index contributed by atoms with van der Waals surface area (Å²) in [5.74, 6) is -0.177. The van der Waals surface area contributed by atoms with Crippen LogP contribution in [0.15, 0.2) is 24.3 Å². The van der Waals surface area contributed by atoms with Crippen molar-refractivity contribution in [3.8, 4) is 0 Å². The molecule has 4 nitrogen and oxygen atoms in total. The van der Waals surface area contributed by atoms with Gasteiger partial charge in [-0.05, 0) is 25.3 Å². The Morgan fingerprint density at radius 1 is 1.19 bits per heavy atom. The maximum atomic E-state index is 12.8. The van der Waals surface area contributed by atoms with Crippen molar-refractivity contribution >= 4 is 11.9 Å². The predicted molar refractivity (Wildman–Crippen MR) is 78.8 cm³/mol. The summed E-state index contributed by atoms with van der Waals surface area (Å²) >= 11 is 0. The molecule has 0 aromatic heterocycles. The van der Waals surface area contributed by atoms with E-state index in [1.165, 1.54) is 12.7 Å². The van der Waals surface area contributed by atoms with E-state index in [0.29, 0.717) is 13.1 Å². The monoisotopic (exact) mass is 287 g/mol. The van der Waals surface area contributed by atoms with E-state index in [1.807, 2.05) is 0 Å². The second-order valence-electron chi connectivity index (χ2n) is 6.23. The lowest BCUT2D eigenvalue weighted by atomic mass is 9.63. The molecule has 2 fully saturated rings. The van der Waals surface area contributed by atoms with Crippen LogP contribution in [0.25, 0.3) is 0 Å². The van der Waals surface area contributed by atoms with E-state index in [2.05, 4.69) is 31.2 Å². The van der Waals surface area contributed by atoms with Crippen LogP contribution in [0.1, 0.15) is 30.4 Å². The zero-order chi connectivity index (χ0) is 15.0. The summed E-state index contributed by atoms with van der Waals surface area (Å²) in [4.78, 5) is 26.1. The molecule has 1 aromatic carbocycles. The summed E-state index contributed by atoms with van der Waals surface area (Å²) in [5, 5.41) is 0. The quantitative estimate of drug-likeness (QED) is 0.799. The Balaban J connectivity index is 1.74. The first kappa shape index (κ1) is 14.1. The molecule has 1 aromatic rings. The van der Waals surface area contributed by atoms with Gasteiger partial charge in [0.2, 0.25) is 5.91 Å². The summed E-state index contributed by atoms with van der Waals surface area (Å²) in [7, 11) is 1.40. The molecule has 1 amide bonds. The number of amides is 1. The molecule has 0 spiro atoms. The standard InChI is InChI=1S/C17H21NO3/c1-12-4-6-14(7-5-12)17(8-3-9-17)16(20)18-10-13(11-18)15(19)21-2/h4-7,13H,3,8-11H2,1-2H3. The van der Waals surface area contributed by atoms with Crippen LogP contribution in [-0.4, -0.2) is 37.0 Å². The number of likely N-dealkylation sites (tertiary alicyclic amines) is 1. The number of esters is 1. The van der Waals surface area contributed by atoms with Crippen LogP contribution >= 0.6 is 0 Å². The van der Waals surface area contributed by atoms with Gasteiger partial charge in [0, 0.05) is 13.1 Å². The van der Waals surface area contributed by atoms with Crippen molar-refractivity contribution in [1.82, 2.24) is 4.90 Å². The first-order chi connectivity index (χ1) is 10.1. The molecule has 1 aliphatic heterocycles. The van der Waals surface area contributed by atoms with Crippen LogP contribution in [0.3, 0.4) is 0 Å². The van der Waals surface area contributed by atoms with E-state index < -0.39 is 0 Å². The van der Waals surface area contributed by atoms with Crippen molar-refractivity contribution in [1.29, 1.82) is 0 Å². The van der Waals surface area contributed by atoms with Crippen molar-refractivity contribution in [2.24, 2.45) is 5.92 Å². The number of hydrogen-bond acceptors (Lipinski definition) is 3. The normalized spacial score (nSPS) is 20.4. The van der Waals surface area contributed by atoms with Crippen LogP contribution in [0.5, 0.6) is 0 Å². The molecule has 0 atom stereocenters. The number of hydrogen-bond donors (Lipinski definition) is 0. The first-order valence-corrected chi connectivity index (χ1v) is 7.51. The number of ether oxygens (including phenoxy) is 1. The Morgan fingerprint density at radius 3 is 2.29 bits per heavy atom. The minimum absolute atomic E-state index is 0.144. The van der Waals surface area contributed by atoms with Crippen LogP contribution in [0.4, 0.5) is 0 Å². The molecule has 1 saturated heterocycles. The fraction of sp³-hybridized carbons (Fsp3) is 0.529. The first-order valence-electron chi connectivity index (χ1n) is 7.51. The van der Waals surface area contributed by atoms with Gasteiger partial charge in [-0.1, -0.05) is 36.2 Å². The van der Waals surface area contributed by atoms with Crippen molar-refractivity contribution in [3.63, 3.8) is 0 Å². The highest BCUT2D eigenvalue weighted by atomic mass is 16.5. The molecule has 2 aliphatic rings. The predicted octanol–water partition coefficient (Wildman–Crippen LogP) is 2.05. The third kappa shape index (κ3) is 2.23. The summed E-state index contributed by atoms with van der Waals surface area (Å²) in [6.07, 6.45) is 2.91. The number of aryl methyl sites for hydroxylation is 1. The average molecular weight is 287 g/mol. The van der Waals surface area contributed by atoms with E-state index in [1.54, 1.807) is 4.90 Å². The summed E-state index contributed by atoms with van der Waals surface area (Å²) < 4.78 is 4.73. The smallest absolute Gasteiger partial charge is 0.312 e. The van der Waals surface area contributed by atoms with Gasteiger partial charge in [-0.25, -0.2) is 0 Å². The van der Waals surface area contributed by atoms with E-state index >= 15 is 0 Å². The SMILES string of the molecule is COC(=O)C1CN(C(=O)C2(c3ccc(C)cc3)CCC2)C1. The third-order valence-electron chi connectivity index (χ3n) is 4.92. The Morgan fingerprint density at radius 2 is 1.81 bits per heavy atom. The maximum Gasteiger partial charge on any atom is 0.312 e. The van der Waals surface area contributed by atoms with Gasteiger partial charge < -0.3 is 9.64 Å².